The third kappa shape index (κ3) is 2.12. The Balaban J connectivity index is 1.82. The Morgan fingerprint density at radius 2 is 1.53 bits per heavy atom. The minimum Gasteiger partial charge on any atom is -0.168 e. The first kappa shape index (κ1) is 10.2. The second-order valence-electron chi connectivity index (χ2n) is 4.43. The number of hydrogen-bond acceptors (Lipinski definition) is 0. The van der Waals surface area contributed by atoms with Crippen molar-refractivity contribution in [2.45, 2.75) is 12.8 Å². The summed E-state index contributed by atoms with van der Waals surface area (Å²) in [6.07, 6.45) is 2.24. The minimum atomic E-state index is 1.12. The van der Waals surface area contributed by atoms with Crippen molar-refractivity contribution in [1.82, 2.24) is 0 Å². The summed E-state index contributed by atoms with van der Waals surface area (Å²) in [4.78, 5) is 0. The van der Waals surface area contributed by atoms with E-state index in [1.165, 1.54) is 21.9 Å². The Kier molecular flexibility index (Phi) is 2.71. The molecule has 0 fully saturated rings. The molecule has 0 atom stereocenters. The maximum atomic E-state index is 2.26. The van der Waals surface area contributed by atoms with Crippen LogP contribution in [0.4, 0.5) is 0 Å². The van der Waals surface area contributed by atoms with Crippen molar-refractivity contribution in [3.05, 3.63) is 77.9 Å². The first-order valence-corrected chi connectivity index (χ1v) is 6.11. The van der Waals surface area contributed by atoms with E-state index in [2.05, 4.69) is 66.7 Å². The molecule has 0 nitrogen and oxygen atoms in total. The van der Waals surface area contributed by atoms with E-state index in [1.54, 1.807) is 0 Å². The average molecular weight is 219 g/mol. The van der Waals surface area contributed by atoms with Gasteiger partial charge in [0.25, 0.3) is 0 Å². The number of rotatable bonds is 3. The van der Waals surface area contributed by atoms with Gasteiger partial charge in [0.15, 0.2) is 0 Å². The van der Waals surface area contributed by atoms with Crippen molar-refractivity contribution >= 4 is 10.8 Å². The van der Waals surface area contributed by atoms with Gasteiger partial charge in [-0.25, -0.2) is 0 Å². The molecule has 3 aromatic carbocycles. The van der Waals surface area contributed by atoms with Crippen molar-refractivity contribution in [3.63, 3.8) is 0 Å². The summed E-state index contributed by atoms with van der Waals surface area (Å²) in [5.74, 6) is 0. The first-order valence-electron chi connectivity index (χ1n) is 6.11. The molecule has 0 aromatic heterocycles. The van der Waals surface area contributed by atoms with Gasteiger partial charge in [-0.1, -0.05) is 42.8 Å². The molecule has 0 spiro atoms. The summed E-state index contributed by atoms with van der Waals surface area (Å²) < 4.78 is 0. The monoisotopic (exact) mass is 219 g/mol. The van der Waals surface area contributed by atoms with E-state index in [9.17, 15) is 0 Å². The molecule has 0 aliphatic heterocycles. The fraction of sp³-hybridized carbons (Fsp3) is 0.118. The molecule has 0 aliphatic rings. The van der Waals surface area contributed by atoms with Crippen LogP contribution in [0.15, 0.2) is 66.7 Å². The maximum Gasteiger partial charge on any atom is -0.0319 e. The van der Waals surface area contributed by atoms with Crippen molar-refractivity contribution in [3.8, 4) is 0 Å². The molecule has 0 heterocycles. The van der Waals surface area contributed by atoms with Crippen LogP contribution in [0.25, 0.3) is 10.8 Å². The number of hydrogen-bond donors (Lipinski definition) is 0. The third-order valence-corrected chi connectivity index (χ3v) is 3.30. The van der Waals surface area contributed by atoms with Crippen LogP contribution in [0.1, 0.15) is 11.1 Å². The van der Waals surface area contributed by atoms with Gasteiger partial charge in [-0.15, -0.1) is 40.6 Å². The molecule has 0 saturated carbocycles. The normalized spacial score (nSPS) is 10.8. The van der Waals surface area contributed by atoms with E-state index >= 15 is 0 Å². The third-order valence-electron chi connectivity index (χ3n) is 3.30. The topological polar surface area (TPSA) is 0 Å². The summed E-state index contributed by atoms with van der Waals surface area (Å²) in [5, 5.41) is 2.76. The zero-order chi connectivity index (χ0) is 11.5. The van der Waals surface area contributed by atoms with Crippen molar-refractivity contribution in [2.75, 3.05) is 0 Å². The van der Waals surface area contributed by atoms with Crippen molar-refractivity contribution in [1.29, 1.82) is 0 Å². The zero-order valence-electron chi connectivity index (χ0n) is 9.77. The van der Waals surface area contributed by atoms with Gasteiger partial charge in [-0.05, 0) is 12.0 Å². The van der Waals surface area contributed by atoms with Gasteiger partial charge >= 0.3 is 0 Å². The van der Waals surface area contributed by atoms with Gasteiger partial charge in [0.05, 0.1) is 0 Å². The lowest BCUT2D eigenvalue weighted by atomic mass is 10.0. The van der Waals surface area contributed by atoms with Gasteiger partial charge in [-0.3, -0.25) is 0 Å². The van der Waals surface area contributed by atoms with E-state index in [4.69, 9.17) is 0 Å². The van der Waals surface area contributed by atoms with E-state index in [-0.39, 0.29) is 0 Å². The standard InChI is InChI=1S/C17H15/c1-2-6-14(7-3-1)10-11-16-13-12-15-8-4-5-9-17(15)16/h1-9,12-13H,10-11H2/q-1. The van der Waals surface area contributed by atoms with Gasteiger partial charge < -0.3 is 0 Å². The van der Waals surface area contributed by atoms with Crippen LogP contribution in [-0.4, -0.2) is 0 Å². The fourth-order valence-electron chi connectivity index (χ4n) is 2.36. The van der Waals surface area contributed by atoms with Crippen LogP contribution < -0.4 is 0 Å². The van der Waals surface area contributed by atoms with Crippen LogP contribution in [0.3, 0.4) is 0 Å². The molecule has 0 saturated heterocycles. The zero-order valence-corrected chi connectivity index (χ0v) is 9.77. The summed E-state index contributed by atoms with van der Waals surface area (Å²) >= 11 is 0. The smallest absolute Gasteiger partial charge is 0.0319 e. The molecule has 0 heteroatoms. The second-order valence-corrected chi connectivity index (χ2v) is 4.43. The summed E-state index contributed by atoms with van der Waals surface area (Å²) in [5.41, 5.74) is 2.88. The Bertz CT molecular complexity index is 602. The Morgan fingerprint density at radius 1 is 0.765 bits per heavy atom. The molecule has 0 amide bonds. The lowest BCUT2D eigenvalue weighted by Crippen LogP contribution is -1.89. The number of fused-ring (bicyclic) bond motifs is 1. The highest BCUT2D eigenvalue weighted by atomic mass is 14.1. The van der Waals surface area contributed by atoms with Crippen LogP contribution >= 0.6 is 0 Å². The van der Waals surface area contributed by atoms with E-state index in [0.29, 0.717) is 0 Å². The van der Waals surface area contributed by atoms with E-state index in [1.807, 2.05) is 0 Å². The molecular weight excluding hydrogens is 204 g/mol. The molecule has 0 unspecified atom stereocenters. The highest BCUT2D eigenvalue weighted by molar-refractivity contribution is 5.87. The first-order chi connectivity index (χ1) is 8.43. The summed E-state index contributed by atoms with van der Waals surface area (Å²) in [6, 6.07) is 23.8. The molecule has 0 N–H and O–H groups in total. The fourth-order valence-corrected chi connectivity index (χ4v) is 2.36. The SMILES string of the molecule is c1ccc(CC[c-]2ccc3ccccc32)cc1. The van der Waals surface area contributed by atoms with Gasteiger partial charge in [0.1, 0.15) is 0 Å². The average Bonchev–Trinajstić information content (AvgIpc) is 2.81. The number of aryl methyl sites for hydroxylation is 2. The molecule has 84 valence electrons. The molecular formula is C17H15-. The minimum absolute atomic E-state index is 1.12. The lowest BCUT2D eigenvalue weighted by molar-refractivity contribution is 0.972. The van der Waals surface area contributed by atoms with Gasteiger partial charge in [0, 0.05) is 0 Å². The predicted molar refractivity (Wildman–Crippen MR) is 73.4 cm³/mol. The van der Waals surface area contributed by atoms with Crippen molar-refractivity contribution in [2.24, 2.45) is 0 Å². The molecule has 3 rings (SSSR count). The summed E-state index contributed by atoms with van der Waals surface area (Å²) in [7, 11) is 0. The molecule has 0 aliphatic carbocycles. The van der Waals surface area contributed by atoms with Gasteiger partial charge in [0.2, 0.25) is 0 Å². The predicted octanol–water partition coefficient (Wildman–Crippen LogP) is 4.34. The summed E-state index contributed by atoms with van der Waals surface area (Å²) in [6.45, 7) is 0. The maximum absolute atomic E-state index is 2.26. The van der Waals surface area contributed by atoms with Crippen molar-refractivity contribution < 1.29 is 0 Å². The van der Waals surface area contributed by atoms with Crippen LogP contribution in [-0.2, 0) is 12.8 Å². The molecule has 17 heavy (non-hydrogen) atoms. The largest absolute Gasteiger partial charge is 0.168 e. The quantitative estimate of drug-likeness (QED) is 0.575. The van der Waals surface area contributed by atoms with E-state index in [0.717, 1.165) is 12.8 Å². The molecule has 3 aromatic rings. The van der Waals surface area contributed by atoms with Crippen LogP contribution in [0, 0.1) is 0 Å². The van der Waals surface area contributed by atoms with Crippen LogP contribution in [0.2, 0.25) is 0 Å². The molecule has 0 radical (unpaired) electrons. The highest BCUT2D eigenvalue weighted by Gasteiger charge is 1.95. The second kappa shape index (κ2) is 4.50. The Labute approximate surface area is 102 Å². The Hall–Kier alpha value is -1.95. The molecule has 0 bridgehead atoms. The number of benzene rings is 2. The Morgan fingerprint density at radius 3 is 2.41 bits per heavy atom. The lowest BCUT2D eigenvalue weighted by Gasteiger charge is -2.06. The van der Waals surface area contributed by atoms with E-state index < -0.39 is 0 Å². The van der Waals surface area contributed by atoms with Gasteiger partial charge in [-0.2, -0.15) is 6.07 Å². The van der Waals surface area contributed by atoms with Crippen LogP contribution in [0.5, 0.6) is 0 Å². The highest BCUT2D eigenvalue weighted by Crippen LogP contribution is 2.22.